The molecule has 2 heterocycles. The van der Waals surface area contributed by atoms with Crippen LogP contribution in [-0.2, 0) is 19.4 Å². The molecule has 0 radical (unpaired) electrons. The molecule has 2 aliphatic rings. The molecule has 2 atom stereocenters. The van der Waals surface area contributed by atoms with Crippen LogP contribution in [0.4, 0.5) is 5.69 Å². The molecule has 10 nitrogen and oxygen atoms in total. The molecule has 4 N–H and O–H groups in total. The van der Waals surface area contributed by atoms with E-state index in [0.717, 1.165) is 21.3 Å². The Morgan fingerprint density at radius 2 is 1.86 bits per heavy atom. The highest BCUT2D eigenvalue weighted by Gasteiger charge is 2.42. The SMILES string of the molecule is N=C(N)N1CCC[C@@H](CNC(=O)[C@@H](CN2C(=O)C(=O)c3ccccc32)S(=O)(=O)c2ccc(I)cc2)C1. The quantitative estimate of drug-likeness (QED) is 0.182. The van der Waals surface area contributed by atoms with Gasteiger partial charge in [-0.2, -0.15) is 0 Å². The van der Waals surface area contributed by atoms with E-state index < -0.39 is 39.2 Å². The second kappa shape index (κ2) is 10.5. The first kappa shape index (κ1) is 26.1. The third-order valence-corrected chi connectivity index (χ3v) is 9.22. The predicted octanol–water partition coefficient (Wildman–Crippen LogP) is 1.38. The van der Waals surface area contributed by atoms with Gasteiger partial charge >= 0.3 is 0 Å². The molecule has 0 saturated carbocycles. The lowest BCUT2D eigenvalue weighted by molar-refractivity contribution is -0.120. The van der Waals surface area contributed by atoms with Crippen molar-refractivity contribution in [3.8, 4) is 0 Å². The monoisotopic (exact) mass is 623 g/mol. The number of piperidine rings is 1. The summed E-state index contributed by atoms with van der Waals surface area (Å²) in [5.41, 5.74) is 6.06. The first-order valence-electron chi connectivity index (χ1n) is 11.4. The van der Waals surface area contributed by atoms with Gasteiger partial charge in [0.1, 0.15) is 0 Å². The number of hydrogen-bond donors (Lipinski definition) is 3. The summed E-state index contributed by atoms with van der Waals surface area (Å²) in [5.74, 6) is -2.40. The van der Waals surface area contributed by atoms with Crippen LogP contribution in [-0.4, -0.2) is 68.3 Å². The van der Waals surface area contributed by atoms with Crippen molar-refractivity contribution in [1.82, 2.24) is 10.2 Å². The molecule has 0 spiro atoms. The molecule has 0 unspecified atom stereocenters. The van der Waals surface area contributed by atoms with E-state index in [1.54, 1.807) is 35.2 Å². The van der Waals surface area contributed by atoms with E-state index in [-0.39, 0.29) is 34.6 Å². The lowest BCUT2D eigenvalue weighted by Crippen LogP contribution is -2.51. The number of hydrogen-bond acceptors (Lipinski definition) is 6. The highest BCUT2D eigenvalue weighted by atomic mass is 127. The molecule has 4 rings (SSSR count). The molecular weight excluding hydrogens is 597 g/mol. The topological polar surface area (TPSA) is 154 Å². The number of halogens is 1. The number of carbonyl (C=O) groups excluding carboxylic acids is 3. The number of nitrogens with two attached hydrogens (primary N) is 1. The van der Waals surface area contributed by atoms with E-state index in [1.165, 1.54) is 18.2 Å². The van der Waals surface area contributed by atoms with Crippen molar-refractivity contribution in [2.75, 3.05) is 31.1 Å². The lowest BCUT2D eigenvalue weighted by atomic mass is 9.98. The Morgan fingerprint density at radius 1 is 1.17 bits per heavy atom. The fraction of sp³-hybridized carbons (Fsp3) is 0.333. The smallest absolute Gasteiger partial charge is 0.299 e. The Morgan fingerprint density at radius 3 is 2.56 bits per heavy atom. The van der Waals surface area contributed by atoms with E-state index >= 15 is 0 Å². The Kier molecular flexibility index (Phi) is 7.64. The summed E-state index contributed by atoms with van der Waals surface area (Å²) in [6.07, 6.45) is 1.59. The zero-order valence-corrected chi connectivity index (χ0v) is 22.3. The first-order valence-corrected chi connectivity index (χ1v) is 14.0. The number of ketones is 1. The molecule has 0 bridgehead atoms. The van der Waals surface area contributed by atoms with Crippen LogP contribution in [0.25, 0.3) is 0 Å². The second-order valence-corrected chi connectivity index (χ2v) is 12.2. The number of likely N-dealkylation sites (tertiary alicyclic amines) is 1. The van der Waals surface area contributed by atoms with Crippen molar-refractivity contribution < 1.29 is 22.8 Å². The number of guanidine groups is 1. The van der Waals surface area contributed by atoms with Crippen molar-refractivity contribution in [3.63, 3.8) is 0 Å². The van der Waals surface area contributed by atoms with Crippen LogP contribution in [0.3, 0.4) is 0 Å². The molecule has 2 aromatic carbocycles. The fourth-order valence-electron chi connectivity index (χ4n) is 4.52. The van der Waals surface area contributed by atoms with Crippen LogP contribution in [0, 0.1) is 14.9 Å². The Bertz CT molecular complexity index is 1310. The molecule has 0 aromatic heterocycles. The van der Waals surface area contributed by atoms with E-state index in [0.29, 0.717) is 13.1 Å². The van der Waals surface area contributed by atoms with Gasteiger partial charge in [0.05, 0.1) is 22.7 Å². The Balaban J connectivity index is 1.60. The minimum absolute atomic E-state index is 0.0102. The van der Waals surface area contributed by atoms with Gasteiger partial charge in [-0.1, -0.05) is 12.1 Å². The Hall–Kier alpha value is -3.00. The standard InChI is InChI=1S/C24H26IN5O5S/c25-16-7-9-17(10-8-16)36(34,35)20(14-30-19-6-2-1-5-18(19)21(31)23(30)33)22(32)28-12-15-4-3-11-29(13-15)24(26)27/h1-2,5-10,15,20H,3-4,11-14H2,(H3,26,27)(H,28,32)/t15-,20+/m0/s1. The maximum absolute atomic E-state index is 13.6. The van der Waals surface area contributed by atoms with Gasteiger partial charge in [-0.25, -0.2) is 8.42 Å². The number of rotatable bonds is 7. The number of amides is 2. The van der Waals surface area contributed by atoms with Crippen LogP contribution in [0.2, 0.25) is 0 Å². The average Bonchev–Trinajstić information content (AvgIpc) is 3.10. The van der Waals surface area contributed by atoms with Crippen LogP contribution in [0.15, 0.2) is 53.4 Å². The van der Waals surface area contributed by atoms with Gasteiger partial charge in [-0.3, -0.25) is 19.8 Å². The van der Waals surface area contributed by atoms with Gasteiger partial charge in [-0.15, -0.1) is 0 Å². The zero-order chi connectivity index (χ0) is 26.0. The molecule has 2 amide bonds. The van der Waals surface area contributed by atoms with Crippen molar-refractivity contribution >= 4 is 61.7 Å². The third kappa shape index (κ3) is 5.24. The van der Waals surface area contributed by atoms with Crippen molar-refractivity contribution in [2.45, 2.75) is 23.0 Å². The highest BCUT2D eigenvalue weighted by Crippen LogP contribution is 2.30. The number of sulfone groups is 1. The van der Waals surface area contributed by atoms with Crippen LogP contribution in [0.5, 0.6) is 0 Å². The lowest BCUT2D eigenvalue weighted by Gasteiger charge is -2.33. The summed E-state index contributed by atoms with van der Waals surface area (Å²) in [6.45, 7) is 0.849. The number of nitrogens with zero attached hydrogens (tertiary/aromatic N) is 2. The highest BCUT2D eigenvalue weighted by molar-refractivity contribution is 14.1. The van der Waals surface area contributed by atoms with E-state index in [2.05, 4.69) is 27.9 Å². The summed E-state index contributed by atoms with van der Waals surface area (Å²) in [5, 5.41) is 8.76. The molecule has 1 saturated heterocycles. The number of fused-ring (bicyclic) bond motifs is 1. The number of nitrogens with one attached hydrogen (secondary N) is 2. The number of para-hydroxylation sites is 1. The molecule has 190 valence electrons. The second-order valence-electron chi connectivity index (χ2n) is 8.83. The van der Waals surface area contributed by atoms with Crippen LogP contribution in [0.1, 0.15) is 23.2 Å². The van der Waals surface area contributed by atoms with Gasteiger partial charge < -0.3 is 20.9 Å². The molecule has 36 heavy (non-hydrogen) atoms. The van der Waals surface area contributed by atoms with E-state index in [1.807, 2.05) is 0 Å². The minimum atomic E-state index is -4.21. The molecule has 2 aliphatic heterocycles. The molecule has 1 fully saturated rings. The molecular formula is C24H26IN5O5S. The normalized spacial score (nSPS) is 18.6. The van der Waals surface area contributed by atoms with Crippen molar-refractivity contribution in [1.29, 1.82) is 5.41 Å². The van der Waals surface area contributed by atoms with Crippen LogP contribution < -0.4 is 16.0 Å². The molecule has 0 aliphatic carbocycles. The zero-order valence-electron chi connectivity index (χ0n) is 19.3. The summed E-state index contributed by atoms with van der Waals surface area (Å²) in [6, 6.07) is 12.4. The van der Waals surface area contributed by atoms with Crippen molar-refractivity contribution in [2.24, 2.45) is 11.7 Å². The third-order valence-electron chi connectivity index (χ3n) is 6.46. The number of benzene rings is 2. The van der Waals surface area contributed by atoms with E-state index in [9.17, 15) is 22.8 Å². The summed E-state index contributed by atoms with van der Waals surface area (Å²) in [4.78, 5) is 41.3. The van der Waals surface area contributed by atoms with Gasteiger partial charge in [0, 0.05) is 23.2 Å². The fourth-order valence-corrected chi connectivity index (χ4v) is 6.43. The van der Waals surface area contributed by atoms with Gasteiger partial charge in [-0.05, 0) is 77.7 Å². The van der Waals surface area contributed by atoms with Gasteiger partial charge in [0.2, 0.25) is 5.91 Å². The summed E-state index contributed by atoms with van der Waals surface area (Å²) in [7, 11) is -4.21. The first-order chi connectivity index (χ1) is 17.1. The van der Waals surface area contributed by atoms with Crippen molar-refractivity contribution in [3.05, 3.63) is 57.7 Å². The number of anilines is 1. The maximum Gasteiger partial charge on any atom is 0.299 e. The minimum Gasteiger partial charge on any atom is -0.370 e. The summed E-state index contributed by atoms with van der Waals surface area (Å²) < 4.78 is 28.1. The number of Topliss-reactive ketones (excluding diaryl/α,β-unsaturated/α-hetero) is 1. The average molecular weight is 623 g/mol. The molecule has 2 aromatic rings. The molecule has 12 heteroatoms. The van der Waals surface area contributed by atoms with Gasteiger partial charge in [0.15, 0.2) is 21.0 Å². The predicted molar refractivity (Wildman–Crippen MR) is 142 cm³/mol. The Labute approximate surface area is 222 Å². The largest absolute Gasteiger partial charge is 0.370 e. The maximum atomic E-state index is 13.6. The number of carbonyl (C=O) groups is 3. The van der Waals surface area contributed by atoms with Crippen LogP contribution >= 0.6 is 22.6 Å². The van der Waals surface area contributed by atoms with E-state index in [4.69, 9.17) is 11.1 Å². The summed E-state index contributed by atoms with van der Waals surface area (Å²) >= 11 is 2.05. The van der Waals surface area contributed by atoms with Gasteiger partial charge in [0.25, 0.3) is 11.7 Å².